The van der Waals surface area contributed by atoms with E-state index in [2.05, 4.69) is 10.6 Å². The van der Waals surface area contributed by atoms with Gasteiger partial charge in [-0.2, -0.15) is 0 Å². The molecule has 0 radical (unpaired) electrons. The van der Waals surface area contributed by atoms with Crippen molar-refractivity contribution in [1.29, 1.82) is 0 Å². The summed E-state index contributed by atoms with van der Waals surface area (Å²) < 4.78 is 0. The summed E-state index contributed by atoms with van der Waals surface area (Å²) >= 11 is 10.6. The number of amides is 1. The van der Waals surface area contributed by atoms with Crippen LogP contribution in [-0.2, 0) is 0 Å². The summed E-state index contributed by atoms with van der Waals surface area (Å²) in [5.74, 6) is -1.14. The lowest BCUT2D eigenvalue weighted by molar-refractivity contribution is -0.385. The van der Waals surface area contributed by atoms with Crippen LogP contribution in [0.4, 0.5) is 11.4 Å². The molecule has 2 rings (SSSR count). The number of nitro groups is 1. The molecule has 2 N–H and O–H groups in total. The number of thiocarbonyl (C=S) groups is 1. The third-order valence-corrected chi connectivity index (χ3v) is 3.24. The molecule has 23 heavy (non-hydrogen) atoms. The average molecular weight is 351 g/mol. The maximum Gasteiger partial charge on any atom is 0.272 e. The molecule has 0 saturated carbocycles. The van der Waals surface area contributed by atoms with E-state index >= 15 is 0 Å². The molecule has 7 nitrogen and oxygen atoms in total. The number of carbonyl (C=O) groups is 1. The van der Waals surface area contributed by atoms with Gasteiger partial charge in [-0.3, -0.25) is 20.2 Å². The van der Waals surface area contributed by atoms with Gasteiger partial charge in [-0.15, -0.1) is 0 Å². The van der Waals surface area contributed by atoms with Gasteiger partial charge in [-0.1, -0.05) is 35.5 Å². The number of nitro benzene ring substituents is 1. The average Bonchev–Trinajstić information content (AvgIpc) is 2.52. The van der Waals surface area contributed by atoms with Crippen molar-refractivity contribution < 1.29 is 14.8 Å². The molecule has 1 amide bonds. The van der Waals surface area contributed by atoms with Gasteiger partial charge in [0, 0.05) is 28.4 Å². The molecular formula is C14H9ClN3O4S-. The van der Waals surface area contributed by atoms with Crippen molar-refractivity contribution in [3.63, 3.8) is 0 Å². The van der Waals surface area contributed by atoms with Gasteiger partial charge in [-0.05, 0) is 24.4 Å². The van der Waals surface area contributed by atoms with Gasteiger partial charge in [0.2, 0.25) is 0 Å². The van der Waals surface area contributed by atoms with Crippen LogP contribution in [0.1, 0.15) is 10.4 Å². The molecule has 0 heterocycles. The first kappa shape index (κ1) is 16.7. The monoisotopic (exact) mass is 350 g/mol. The topological polar surface area (TPSA) is 107 Å². The Morgan fingerprint density at radius 1 is 1.22 bits per heavy atom. The van der Waals surface area contributed by atoms with Crippen molar-refractivity contribution in [2.24, 2.45) is 0 Å². The number of hydrogen-bond acceptors (Lipinski definition) is 5. The highest BCUT2D eigenvalue weighted by molar-refractivity contribution is 7.80. The van der Waals surface area contributed by atoms with Crippen LogP contribution in [0, 0.1) is 10.1 Å². The number of nitrogens with zero attached hydrogens (tertiary/aromatic N) is 1. The molecule has 2 aromatic carbocycles. The van der Waals surface area contributed by atoms with Crippen molar-refractivity contribution in [2.45, 2.75) is 0 Å². The summed E-state index contributed by atoms with van der Waals surface area (Å²) in [5.41, 5.74) is -0.187. The van der Waals surface area contributed by atoms with E-state index < -0.39 is 16.6 Å². The van der Waals surface area contributed by atoms with Crippen LogP contribution in [0.3, 0.4) is 0 Å². The lowest BCUT2D eigenvalue weighted by Crippen LogP contribution is -2.34. The van der Waals surface area contributed by atoms with Crippen LogP contribution < -0.4 is 15.7 Å². The van der Waals surface area contributed by atoms with Crippen LogP contribution in [0.25, 0.3) is 0 Å². The Morgan fingerprint density at radius 3 is 2.48 bits per heavy atom. The molecule has 2 aromatic rings. The zero-order valence-electron chi connectivity index (χ0n) is 11.4. The van der Waals surface area contributed by atoms with E-state index in [1.165, 1.54) is 0 Å². The van der Waals surface area contributed by atoms with Crippen molar-refractivity contribution in [2.75, 3.05) is 5.32 Å². The smallest absolute Gasteiger partial charge is 0.272 e. The van der Waals surface area contributed by atoms with Crippen LogP contribution >= 0.6 is 23.8 Å². The van der Waals surface area contributed by atoms with Gasteiger partial charge in [0.1, 0.15) is 0 Å². The van der Waals surface area contributed by atoms with Gasteiger partial charge < -0.3 is 10.4 Å². The van der Waals surface area contributed by atoms with Crippen LogP contribution in [0.15, 0.2) is 42.5 Å². The number of benzene rings is 2. The zero-order chi connectivity index (χ0) is 17.0. The van der Waals surface area contributed by atoms with Crippen molar-refractivity contribution in [3.05, 3.63) is 63.2 Å². The summed E-state index contributed by atoms with van der Waals surface area (Å²) in [6.45, 7) is 0. The van der Waals surface area contributed by atoms with Gasteiger partial charge in [0.15, 0.2) is 5.11 Å². The summed E-state index contributed by atoms with van der Waals surface area (Å²) in [6, 6.07) is 10.2. The van der Waals surface area contributed by atoms with Gasteiger partial charge in [-0.25, -0.2) is 0 Å². The number of nitrogens with one attached hydrogen (secondary N) is 2. The molecule has 0 aliphatic rings. The van der Waals surface area contributed by atoms with E-state index in [-0.39, 0.29) is 21.5 Å². The quantitative estimate of drug-likeness (QED) is 0.500. The summed E-state index contributed by atoms with van der Waals surface area (Å²) in [6.07, 6.45) is 0. The second-order valence-electron chi connectivity index (χ2n) is 4.34. The predicted molar refractivity (Wildman–Crippen MR) is 87.7 cm³/mol. The van der Waals surface area contributed by atoms with Crippen LogP contribution in [-0.4, -0.2) is 15.9 Å². The number of anilines is 1. The molecule has 0 spiro atoms. The molecule has 0 aliphatic heterocycles. The fourth-order valence-corrected chi connectivity index (χ4v) is 2.11. The first-order valence-electron chi connectivity index (χ1n) is 6.21. The zero-order valence-corrected chi connectivity index (χ0v) is 13.0. The maximum atomic E-state index is 11.9. The summed E-state index contributed by atoms with van der Waals surface area (Å²) in [4.78, 5) is 22.0. The lowest BCUT2D eigenvalue weighted by atomic mass is 10.2. The first-order chi connectivity index (χ1) is 10.9. The van der Waals surface area contributed by atoms with Gasteiger partial charge in [0.25, 0.3) is 11.6 Å². The molecule has 0 unspecified atom stereocenters. The highest BCUT2D eigenvalue weighted by atomic mass is 35.5. The fourth-order valence-electron chi connectivity index (χ4n) is 1.70. The minimum atomic E-state index is -0.692. The third kappa shape index (κ3) is 4.15. The standard InChI is InChI=1S/C14H10ClN3O4S/c15-10-6-9(18(21)22)7-11(12(10)19)16-14(23)17-13(20)8-4-2-1-3-5-8/h1-7,19H,(H2,16,17,20,23)/p-1. The first-order valence-corrected chi connectivity index (χ1v) is 6.99. The third-order valence-electron chi connectivity index (χ3n) is 2.75. The summed E-state index contributed by atoms with van der Waals surface area (Å²) in [5, 5.41) is 26.9. The molecular weight excluding hydrogens is 342 g/mol. The number of hydrogen-bond donors (Lipinski definition) is 2. The van der Waals surface area contributed by atoms with E-state index in [0.717, 1.165) is 12.1 Å². The number of non-ortho nitro benzene ring substituents is 1. The number of halogens is 1. The molecule has 0 fully saturated rings. The Balaban J connectivity index is 2.14. The molecule has 0 atom stereocenters. The molecule has 9 heteroatoms. The highest BCUT2D eigenvalue weighted by Crippen LogP contribution is 2.33. The maximum absolute atomic E-state index is 11.9. The number of carbonyl (C=O) groups excluding carboxylic acids is 1. The molecule has 0 bridgehead atoms. The van der Waals surface area contributed by atoms with E-state index in [9.17, 15) is 20.0 Å². The highest BCUT2D eigenvalue weighted by Gasteiger charge is 2.13. The fraction of sp³-hybridized carbons (Fsp3) is 0. The number of rotatable bonds is 3. The Bertz CT molecular complexity index is 783. The van der Waals surface area contributed by atoms with Crippen molar-refractivity contribution in [1.82, 2.24) is 5.32 Å². The van der Waals surface area contributed by atoms with E-state index in [1.807, 2.05) is 0 Å². The second-order valence-corrected chi connectivity index (χ2v) is 5.15. The Morgan fingerprint density at radius 2 is 1.87 bits per heavy atom. The SMILES string of the molecule is O=C(NC(=S)Nc1cc([N+](=O)[O-])cc(Cl)c1[O-])c1ccccc1. The van der Waals surface area contributed by atoms with Gasteiger partial charge >= 0.3 is 0 Å². The second kappa shape index (κ2) is 7.03. The van der Waals surface area contributed by atoms with Crippen LogP contribution in [0.2, 0.25) is 5.02 Å². The van der Waals surface area contributed by atoms with Crippen molar-refractivity contribution in [3.8, 4) is 5.75 Å². The summed E-state index contributed by atoms with van der Waals surface area (Å²) in [7, 11) is 0. The van der Waals surface area contributed by atoms with Gasteiger partial charge in [0.05, 0.1) is 4.92 Å². The van der Waals surface area contributed by atoms with E-state index in [4.69, 9.17) is 23.8 Å². The van der Waals surface area contributed by atoms with E-state index in [0.29, 0.717) is 5.56 Å². The molecule has 0 aromatic heterocycles. The largest absolute Gasteiger partial charge is 0.870 e. The Hall–Kier alpha value is -2.71. The normalized spacial score (nSPS) is 9.96. The minimum Gasteiger partial charge on any atom is -0.870 e. The lowest BCUT2D eigenvalue weighted by Gasteiger charge is -2.17. The molecule has 0 saturated heterocycles. The van der Waals surface area contributed by atoms with E-state index in [1.54, 1.807) is 30.3 Å². The molecule has 118 valence electrons. The minimum absolute atomic E-state index is 0.174. The van der Waals surface area contributed by atoms with Crippen molar-refractivity contribution >= 4 is 46.2 Å². The van der Waals surface area contributed by atoms with Crippen LogP contribution in [0.5, 0.6) is 5.75 Å². The Kier molecular flexibility index (Phi) is 5.09. The predicted octanol–water partition coefficient (Wildman–Crippen LogP) is 2.45. The Labute approximate surface area is 141 Å². The molecule has 0 aliphatic carbocycles.